The molecule has 1 aliphatic heterocycles. The van der Waals surface area contributed by atoms with Crippen molar-refractivity contribution in [3.8, 4) is 0 Å². The molecule has 3 aromatic carbocycles. The van der Waals surface area contributed by atoms with Crippen molar-refractivity contribution in [2.45, 2.75) is 58.4 Å². The Balaban J connectivity index is 1.43. The van der Waals surface area contributed by atoms with E-state index in [2.05, 4.69) is 12.2 Å². The van der Waals surface area contributed by atoms with Crippen molar-refractivity contribution in [1.29, 1.82) is 0 Å². The molecule has 0 unspecified atom stereocenters. The number of amides is 3. The number of anilines is 1. The molecule has 0 fully saturated rings. The molecule has 1 aliphatic rings. The summed E-state index contributed by atoms with van der Waals surface area (Å²) in [7, 11) is 0. The minimum atomic E-state index is -0.500. The van der Waals surface area contributed by atoms with Gasteiger partial charge in [0.05, 0.1) is 5.69 Å². The first-order valence-electron chi connectivity index (χ1n) is 13.5. The number of carbonyl (C=O) groups excluding carboxylic acids is 3. The lowest BCUT2D eigenvalue weighted by atomic mass is 10.1. The van der Waals surface area contributed by atoms with Crippen LogP contribution < -0.4 is 10.2 Å². The van der Waals surface area contributed by atoms with Gasteiger partial charge in [0.15, 0.2) is 0 Å². The zero-order valence-electron chi connectivity index (χ0n) is 21.9. The Kier molecular flexibility index (Phi) is 8.94. The Morgan fingerprint density at radius 1 is 0.946 bits per heavy atom. The molecule has 6 nitrogen and oxygen atoms in total. The summed E-state index contributed by atoms with van der Waals surface area (Å²) >= 11 is 0. The number of hydrogen-bond donors (Lipinski definition) is 1. The topological polar surface area (TPSA) is 69.7 Å². The van der Waals surface area contributed by atoms with Gasteiger partial charge in [-0.1, -0.05) is 74.9 Å². The highest BCUT2D eigenvalue weighted by molar-refractivity contribution is 6.25. The van der Waals surface area contributed by atoms with E-state index in [1.165, 1.54) is 0 Å². The predicted molar refractivity (Wildman–Crippen MR) is 149 cm³/mol. The summed E-state index contributed by atoms with van der Waals surface area (Å²) in [5, 5.41) is 5.05. The van der Waals surface area contributed by atoms with Crippen LogP contribution >= 0.6 is 0 Å². The highest BCUT2D eigenvalue weighted by Crippen LogP contribution is 2.37. The van der Waals surface area contributed by atoms with Gasteiger partial charge >= 0.3 is 0 Å². The average molecular weight is 500 g/mol. The van der Waals surface area contributed by atoms with Crippen LogP contribution in [-0.4, -0.2) is 48.3 Å². The Morgan fingerprint density at radius 2 is 1.70 bits per heavy atom. The fourth-order valence-corrected chi connectivity index (χ4v) is 5.14. The number of rotatable bonds is 13. The number of benzene rings is 3. The molecular weight excluding hydrogens is 462 g/mol. The van der Waals surface area contributed by atoms with E-state index < -0.39 is 6.04 Å². The number of hydrogen-bond acceptors (Lipinski definition) is 3. The van der Waals surface area contributed by atoms with Crippen molar-refractivity contribution in [2.24, 2.45) is 0 Å². The lowest BCUT2D eigenvalue weighted by Gasteiger charge is -2.31. The van der Waals surface area contributed by atoms with Gasteiger partial charge in [-0.15, -0.1) is 0 Å². The predicted octanol–water partition coefficient (Wildman–Crippen LogP) is 5.35. The summed E-state index contributed by atoms with van der Waals surface area (Å²) < 4.78 is 0. The van der Waals surface area contributed by atoms with E-state index in [0.717, 1.165) is 40.4 Å². The van der Waals surface area contributed by atoms with Gasteiger partial charge in [0, 0.05) is 37.0 Å². The molecule has 37 heavy (non-hydrogen) atoms. The van der Waals surface area contributed by atoms with Gasteiger partial charge < -0.3 is 15.1 Å². The summed E-state index contributed by atoms with van der Waals surface area (Å²) in [6, 6.07) is 21.3. The van der Waals surface area contributed by atoms with Crippen molar-refractivity contribution in [2.75, 3.05) is 24.5 Å². The average Bonchev–Trinajstić information content (AvgIpc) is 3.19. The molecule has 0 saturated carbocycles. The molecule has 3 amide bonds. The lowest BCUT2D eigenvalue weighted by molar-refractivity contribution is -0.140. The summed E-state index contributed by atoms with van der Waals surface area (Å²) in [5.74, 6) is -0.146. The van der Waals surface area contributed by atoms with Gasteiger partial charge in [-0.2, -0.15) is 0 Å². The molecule has 6 heteroatoms. The highest BCUT2D eigenvalue weighted by Gasteiger charge is 2.31. The largest absolute Gasteiger partial charge is 0.354 e. The van der Waals surface area contributed by atoms with Crippen LogP contribution in [0.1, 0.15) is 61.9 Å². The normalized spacial score (nSPS) is 13.1. The van der Waals surface area contributed by atoms with Crippen LogP contribution in [0.5, 0.6) is 0 Å². The molecular formula is C31H37N3O3. The van der Waals surface area contributed by atoms with Gasteiger partial charge in [-0.25, -0.2) is 0 Å². The fraction of sp³-hybridized carbons (Fsp3) is 0.387. The third-order valence-corrected chi connectivity index (χ3v) is 7.12. The van der Waals surface area contributed by atoms with Crippen molar-refractivity contribution in [3.05, 3.63) is 77.9 Å². The molecule has 1 atom stereocenters. The van der Waals surface area contributed by atoms with Gasteiger partial charge in [-0.05, 0) is 48.8 Å². The van der Waals surface area contributed by atoms with E-state index in [9.17, 15) is 14.4 Å². The Morgan fingerprint density at radius 3 is 2.43 bits per heavy atom. The zero-order valence-corrected chi connectivity index (χ0v) is 21.9. The summed E-state index contributed by atoms with van der Waals surface area (Å²) in [4.78, 5) is 43.1. The molecule has 0 aliphatic carbocycles. The van der Waals surface area contributed by atoms with E-state index in [0.29, 0.717) is 38.9 Å². The second-order valence-electron chi connectivity index (χ2n) is 9.63. The number of unbranched alkanes of at least 4 members (excludes halogenated alkanes) is 1. The van der Waals surface area contributed by atoms with E-state index >= 15 is 0 Å². The minimum absolute atomic E-state index is 0.0121. The monoisotopic (exact) mass is 499 g/mol. The first-order valence-corrected chi connectivity index (χ1v) is 13.5. The maximum atomic E-state index is 13.5. The zero-order chi connectivity index (χ0) is 26.2. The Hall–Kier alpha value is -3.67. The second kappa shape index (κ2) is 12.5. The summed E-state index contributed by atoms with van der Waals surface area (Å²) in [6.45, 7) is 5.60. The summed E-state index contributed by atoms with van der Waals surface area (Å²) in [6.07, 6.45) is 3.97. The van der Waals surface area contributed by atoms with Gasteiger partial charge in [-0.3, -0.25) is 14.4 Å². The maximum Gasteiger partial charge on any atom is 0.258 e. The second-order valence-corrected chi connectivity index (χ2v) is 9.63. The van der Waals surface area contributed by atoms with E-state index in [1.807, 2.05) is 73.7 Å². The molecule has 0 bridgehead atoms. The summed E-state index contributed by atoms with van der Waals surface area (Å²) in [5.41, 5.74) is 2.77. The molecule has 1 N–H and O–H groups in total. The molecule has 3 aromatic rings. The Bertz CT molecular complexity index is 1240. The quantitative estimate of drug-likeness (QED) is 0.323. The third kappa shape index (κ3) is 6.01. The highest BCUT2D eigenvalue weighted by atomic mass is 16.2. The van der Waals surface area contributed by atoms with Crippen molar-refractivity contribution < 1.29 is 14.4 Å². The number of carbonyl (C=O) groups is 3. The molecule has 0 radical (unpaired) electrons. The number of nitrogens with one attached hydrogen (secondary N) is 1. The molecule has 0 aromatic heterocycles. The van der Waals surface area contributed by atoms with Crippen molar-refractivity contribution in [3.63, 3.8) is 0 Å². The van der Waals surface area contributed by atoms with E-state index in [4.69, 9.17) is 0 Å². The molecule has 0 saturated heterocycles. The molecule has 194 valence electrons. The fourth-order valence-electron chi connectivity index (χ4n) is 5.14. The van der Waals surface area contributed by atoms with Gasteiger partial charge in [0.2, 0.25) is 11.8 Å². The van der Waals surface area contributed by atoms with Crippen molar-refractivity contribution in [1.82, 2.24) is 10.2 Å². The van der Waals surface area contributed by atoms with Crippen LogP contribution in [0.4, 0.5) is 5.69 Å². The van der Waals surface area contributed by atoms with Crippen LogP contribution in [-0.2, 0) is 16.0 Å². The third-order valence-electron chi connectivity index (χ3n) is 7.12. The van der Waals surface area contributed by atoms with Gasteiger partial charge in [0.1, 0.15) is 6.04 Å². The van der Waals surface area contributed by atoms with Crippen LogP contribution in [0.3, 0.4) is 0 Å². The van der Waals surface area contributed by atoms with Crippen LogP contribution in [0.15, 0.2) is 66.7 Å². The van der Waals surface area contributed by atoms with Crippen LogP contribution in [0.2, 0.25) is 0 Å². The van der Waals surface area contributed by atoms with E-state index in [-0.39, 0.29) is 24.1 Å². The lowest BCUT2D eigenvalue weighted by Crippen LogP contribution is -2.50. The van der Waals surface area contributed by atoms with Crippen LogP contribution in [0, 0.1) is 0 Å². The molecule has 4 rings (SSSR count). The smallest absolute Gasteiger partial charge is 0.258 e. The molecule has 1 heterocycles. The maximum absolute atomic E-state index is 13.5. The Labute approximate surface area is 219 Å². The first-order chi connectivity index (χ1) is 18.0. The van der Waals surface area contributed by atoms with Crippen LogP contribution in [0.25, 0.3) is 10.8 Å². The molecule has 0 spiro atoms. The SMILES string of the molecule is CCCCNC(=O)[C@H](CC)N(CCc1ccccc1)C(=O)CCCN1C(=O)c2cccc3cccc1c23. The number of nitrogens with zero attached hydrogens (tertiary/aromatic N) is 2. The first kappa shape index (κ1) is 26.4. The standard InChI is InChI=1S/C31H37N3O3/c1-3-5-20-32-30(36)26(4-2)33(22-19-23-12-7-6-8-13-23)28(35)18-11-21-34-27-17-10-15-24-14-9-16-25(29(24)27)31(34)37/h6-10,12-17,26H,3-5,11,18-22H2,1-2H3,(H,32,36)/t26-/m0/s1. The van der Waals surface area contributed by atoms with E-state index in [1.54, 1.807) is 9.80 Å². The minimum Gasteiger partial charge on any atom is -0.354 e. The van der Waals surface area contributed by atoms with Gasteiger partial charge in [0.25, 0.3) is 5.91 Å². The van der Waals surface area contributed by atoms with Crippen molar-refractivity contribution >= 4 is 34.2 Å².